The monoisotopic (exact) mass is 277 g/mol. The minimum atomic E-state index is 0.376. The van der Waals surface area contributed by atoms with Crippen LogP contribution in [0.3, 0.4) is 0 Å². The number of hydrogen-bond acceptors (Lipinski definition) is 3. The van der Waals surface area contributed by atoms with Gasteiger partial charge in [0.25, 0.3) is 0 Å². The summed E-state index contributed by atoms with van der Waals surface area (Å²) in [6.45, 7) is 7.77. The van der Waals surface area contributed by atoms with E-state index < -0.39 is 0 Å². The normalized spacial score (nSPS) is 17.9. The fourth-order valence-corrected chi connectivity index (χ4v) is 2.90. The van der Waals surface area contributed by atoms with Crippen molar-refractivity contribution in [1.82, 2.24) is 5.32 Å². The second kappa shape index (κ2) is 8.28. The van der Waals surface area contributed by atoms with E-state index in [0.717, 1.165) is 44.8 Å². The van der Waals surface area contributed by atoms with Gasteiger partial charge in [0.2, 0.25) is 0 Å². The van der Waals surface area contributed by atoms with E-state index in [2.05, 4.69) is 36.5 Å². The van der Waals surface area contributed by atoms with Gasteiger partial charge in [-0.2, -0.15) is 0 Å². The predicted octanol–water partition coefficient (Wildman–Crippen LogP) is 3.55. The molecule has 1 N–H and O–H groups in total. The van der Waals surface area contributed by atoms with Gasteiger partial charge in [0.1, 0.15) is 5.75 Å². The first-order chi connectivity index (χ1) is 9.86. The third-order valence-corrected chi connectivity index (χ3v) is 3.91. The van der Waals surface area contributed by atoms with Crippen LogP contribution in [0.15, 0.2) is 24.3 Å². The maximum atomic E-state index is 5.82. The Hall–Kier alpha value is -1.06. The molecule has 1 aromatic carbocycles. The van der Waals surface area contributed by atoms with Gasteiger partial charge in [-0.1, -0.05) is 25.1 Å². The number of ether oxygens (including phenoxy) is 2. The summed E-state index contributed by atoms with van der Waals surface area (Å²) in [5.74, 6) is 1.66. The van der Waals surface area contributed by atoms with Gasteiger partial charge >= 0.3 is 0 Å². The molecule has 2 rings (SSSR count). The summed E-state index contributed by atoms with van der Waals surface area (Å²) < 4.78 is 11.3. The lowest BCUT2D eigenvalue weighted by Gasteiger charge is -2.32. The zero-order valence-corrected chi connectivity index (χ0v) is 12.7. The second-order valence-electron chi connectivity index (χ2n) is 5.35. The maximum Gasteiger partial charge on any atom is 0.124 e. The molecule has 1 unspecified atom stereocenters. The Morgan fingerprint density at radius 2 is 2.00 bits per heavy atom. The van der Waals surface area contributed by atoms with Gasteiger partial charge in [0.05, 0.1) is 6.61 Å². The summed E-state index contributed by atoms with van der Waals surface area (Å²) >= 11 is 0. The van der Waals surface area contributed by atoms with Crippen LogP contribution in [0.4, 0.5) is 0 Å². The molecule has 1 heterocycles. The summed E-state index contributed by atoms with van der Waals surface area (Å²) in [5, 5.41) is 3.72. The fourth-order valence-electron chi connectivity index (χ4n) is 2.90. The van der Waals surface area contributed by atoms with Crippen molar-refractivity contribution < 1.29 is 9.47 Å². The number of hydrogen-bond donors (Lipinski definition) is 1. The van der Waals surface area contributed by atoms with Gasteiger partial charge in [-0.25, -0.2) is 0 Å². The molecule has 0 spiro atoms. The van der Waals surface area contributed by atoms with Crippen molar-refractivity contribution in [3.8, 4) is 5.75 Å². The van der Waals surface area contributed by atoms with Gasteiger partial charge in [-0.05, 0) is 44.7 Å². The maximum absolute atomic E-state index is 5.82. The van der Waals surface area contributed by atoms with E-state index in [1.165, 1.54) is 5.56 Å². The number of benzene rings is 1. The van der Waals surface area contributed by atoms with Crippen LogP contribution in [0, 0.1) is 5.92 Å². The molecule has 0 aromatic heterocycles. The van der Waals surface area contributed by atoms with Crippen molar-refractivity contribution in [1.29, 1.82) is 0 Å². The molecule has 20 heavy (non-hydrogen) atoms. The van der Waals surface area contributed by atoms with Gasteiger partial charge in [0, 0.05) is 24.8 Å². The first-order valence-electron chi connectivity index (χ1n) is 7.89. The Bertz CT molecular complexity index is 388. The summed E-state index contributed by atoms with van der Waals surface area (Å²) in [6, 6.07) is 8.82. The quantitative estimate of drug-likeness (QED) is 0.826. The van der Waals surface area contributed by atoms with E-state index in [4.69, 9.17) is 9.47 Å². The van der Waals surface area contributed by atoms with Crippen LogP contribution < -0.4 is 10.1 Å². The summed E-state index contributed by atoms with van der Waals surface area (Å²) in [4.78, 5) is 0. The second-order valence-corrected chi connectivity index (χ2v) is 5.35. The molecule has 1 fully saturated rings. The van der Waals surface area contributed by atoms with Crippen LogP contribution in [0.2, 0.25) is 0 Å². The topological polar surface area (TPSA) is 30.5 Å². The minimum Gasteiger partial charge on any atom is -0.494 e. The molecular formula is C17H27NO2. The van der Waals surface area contributed by atoms with E-state index in [-0.39, 0.29) is 0 Å². The molecule has 3 heteroatoms. The smallest absolute Gasteiger partial charge is 0.124 e. The lowest BCUT2D eigenvalue weighted by Crippen LogP contribution is -2.33. The highest BCUT2D eigenvalue weighted by Gasteiger charge is 2.26. The molecule has 1 aromatic rings. The third-order valence-electron chi connectivity index (χ3n) is 3.91. The Morgan fingerprint density at radius 1 is 1.25 bits per heavy atom. The summed E-state index contributed by atoms with van der Waals surface area (Å²) in [6.07, 6.45) is 3.40. The van der Waals surface area contributed by atoms with Crippen molar-refractivity contribution in [2.75, 3.05) is 26.4 Å². The van der Waals surface area contributed by atoms with Crippen LogP contribution in [-0.4, -0.2) is 26.4 Å². The molecule has 1 atom stereocenters. The van der Waals surface area contributed by atoms with Crippen molar-refractivity contribution in [2.24, 2.45) is 5.92 Å². The zero-order chi connectivity index (χ0) is 14.2. The Balaban J connectivity index is 2.20. The highest BCUT2D eigenvalue weighted by atomic mass is 16.5. The lowest BCUT2D eigenvalue weighted by molar-refractivity contribution is 0.0532. The van der Waals surface area contributed by atoms with Crippen LogP contribution >= 0.6 is 0 Å². The molecule has 0 saturated carbocycles. The van der Waals surface area contributed by atoms with Crippen molar-refractivity contribution in [2.45, 2.75) is 39.2 Å². The zero-order valence-electron chi connectivity index (χ0n) is 12.7. The third kappa shape index (κ3) is 3.97. The number of nitrogens with one attached hydrogen (secondary N) is 1. The van der Waals surface area contributed by atoms with E-state index in [9.17, 15) is 0 Å². The van der Waals surface area contributed by atoms with E-state index >= 15 is 0 Å². The fraction of sp³-hybridized carbons (Fsp3) is 0.647. The molecular weight excluding hydrogens is 250 g/mol. The molecule has 0 aliphatic carbocycles. The van der Waals surface area contributed by atoms with Gasteiger partial charge in [0.15, 0.2) is 0 Å². The van der Waals surface area contributed by atoms with E-state index in [0.29, 0.717) is 18.6 Å². The van der Waals surface area contributed by atoms with E-state index in [1.807, 2.05) is 6.92 Å². The molecule has 1 aliphatic rings. The first kappa shape index (κ1) is 15.3. The number of rotatable bonds is 7. The van der Waals surface area contributed by atoms with Crippen LogP contribution in [0.5, 0.6) is 5.75 Å². The first-order valence-corrected chi connectivity index (χ1v) is 7.89. The summed E-state index contributed by atoms with van der Waals surface area (Å²) in [7, 11) is 0. The minimum absolute atomic E-state index is 0.376. The van der Waals surface area contributed by atoms with Crippen LogP contribution in [0.25, 0.3) is 0 Å². The predicted molar refractivity (Wildman–Crippen MR) is 82.2 cm³/mol. The van der Waals surface area contributed by atoms with Gasteiger partial charge in [-0.15, -0.1) is 0 Å². The Labute approximate surface area is 122 Å². The Kier molecular flexibility index (Phi) is 6.34. The lowest BCUT2D eigenvalue weighted by atomic mass is 9.86. The molecule has 112 valence electrons. The van der Waals surface area contributed by atoms with Crippen molar-refractivity contribution in [3.05, 3.63) is 29.8 Å². The van der Waals surface area contributed by atoms with Gasteiger partial charge in [-0.3, -0.25) is 0 Å². The van der Waals surface area contributed by atoms with Gasteiger partial charge < -0.3 is 14.8 Å². The molecule has 1 saturated heterocycles. The van der Waals surface area contributed by atoms with Crippen LogP contribution in [-0.2, 0) is 4.74 Å². The van der Waals surface area contributed by atoms with E-state index in [1.54, 1.807) is 0 Å². The largest absolute Gasteiger partial charge is 0.494 e. The van der Waals surface area contributed by atoms with Crippen molar-refractivity contribution in [3.63, 3.8) is 0 Å². The summed E-state index contributed by atoms with van der Waals surface area (Å²) in [5.41, 5.74) is 1.30. The molecule has 0 bridgehead atoms. The standard InChI is InChI=1S/C17H27NO2/c1-3-11-18-17(14-9-12-19-13-10-14)15-7-5-6-8-16(15)20-4-2/h5-8,14,17-18H,3-4,9-13H2,1-2H3. The van der Waals surface area contributed by atoms with Crippen molar-refractivity contribution >= 4 is 0 Å². The number of para-hydroxylation sites is 1. The molecule has 1 aliphatic heterocycles. The Morgan fingerprint density at radius 3 is 2.70 bits per heavy atom. The molecule has 0 radical (unpaired) electrons. The highest BCUT2D eigenvalue weighted by Crippen LogP contribution is 2.35. The average molecular weight is 277 g/mol. The molecule has 3 nitrogen and oxygen atoms in total. The van der Waals surface area contributed by atoms with Crippen LogP contribution in [0.1, 0.15) is 44.7 Å². The molecule has 0 amide bonds. The highest BCUT2D eigenvalue weighted by molar-refractivity contribution is 5.36. The SMILES string of the molecule is CCCNC(c1ccccc1OCC)C1CCOCC1. The average Bonchev–Trinajstić information content (AvgIpc) is 2.50.